The molecule has 2 heterocycles. The maximum Gasteiger partial charge on any atom is 0.308 e. The summed E-state index contributed by atoms with van der Waals surface area (Å²) in [4.78, 5) is 24.8. The Bertz CT molecular complexity index is 1400. The highest BCUT2D eigenvalue weighted by Gasteiger charge is 2.26. The lowest BCUT2D eigenvalue weighted by atomic mass is 10.0. The van der Waals surface area contributed by atoms with Crippen LogP contribution in [0, 0.1) is 13.8 Å². The van der Waals surface area contributed by atoms with Gasteiger partial charge in [-0.25, -0.2) is 0 Å². The Hall–Kier alpha value is -4.06. The Labute approximate surface area is 197 Å². The second kappa shape index (κ2) is 8.71. The van der Waals surface area contributed by atoms with E-state index in [-0.39, 0.29) is 11.8 Å². The molecular formula is C28H25NO5. The van der Waals surface area contributed by atoms with Gasteiger partial charge in [0.15, 0.2) is 0 Å². The first kappa shape index (κ1) is 21.8. The van der Waals surface area contributed by atoms with Crippen molar-refractivity contribution < 1.29 is 23.8 Å². The van der Waals surface area contributed by atoms with Crippen LogP contribution in [0.15, 0.2) is 66.7 Å². The predicted octanol–water partition coefficient (Wildman–Crippen LogP) is 5.43. The molecule has 1 aliphatic rings. The first-order valence-corrected chi connectivity index (χ1v) is 11.2. The summed E-state index contributed by atoms with van der Waals surface area (Å²) in [7, 11) is 0. The lowest BCUT2D eigenvalue weighted by molar-refractivity contribution is -0.131. The standard InChI is InChI=1S/C28H25NO5/c1-17-6-4-7-23-21(16-33-27(17)23)15-32-22-12-10-20(11-13-22)28(31)29-18(2)14-24-25(29)8-5-9-26(24)34-19(3)30/h4-14,21H,15-16H2,1-3H3/t21-/m1/s1. The number of hydrogen-bond donors (Lipinski definition) is 0. The number of nitrogens with zero attached hydrogens (tertiary/aromatic N) is 1. The van der Waals surface area contributed by atoms with Crippen LogP contribution < -0.4 is 14.2 Å². The van der Waals surface area contributed by atoms with Crippen molar-refractivity contribution in [3.8, 4) is 17.2 Å². The lowest BCUT2D eigenvalue weighted by Crippen LogP contribution is -2.14. The second-order valence-electron chi connectivity index (χ2n) is 8.55. The number of aromatic nitrogens is 1. The molecule has 5 rings (SSSR count). The summed E-state index contributed by atoms with van der Waals surface area (Å²) in [6, 6.07) is 20.5. The zero-order chi connectivity index (χ0) is 23.8. The third kappa shape index (κ3) is 3.92. The van der Waals surface area contributed by atoms with Gasteiger partial charge in [0.25, 0.3) is 5.91 Å². The van der Waals surface area contributed by atoms with Crippen LogP contribution in [0.5, 0.6) is 17.2 Å². The van der Waals surface area contributed by atoms with E-state index in [1.165, 1.54) is 12.5 Å². The van der Waals surface area contributed by atoms with Gasteiger partial charge in [0.2, 0.25) is 0 Å². The van der Waals surface area contributed by atoms with Crippen LogP contribution in [-0.4, -0.2) is 29.7 Å². The Morgan fingerprint density at radius 3 is 2.56 bits per heavy atom. The van der Waals surface area contributed by atoms with Gasteiger partial charge in [-0.3, -0.25) is 14.2 Å². The monoisotopic (exact) mass is 455 g/mol. The molecule has 3 aromatic carbocycles. The number of esters is 1. The number of hydrogen-bond acceptors (Lipinski definition) is 5. The van der Waals surface area contributed by atoms with Crippen LogP contribution in [0.3, 0.4) is 0 Å². The van der Waals surface area contributed by atoms with Crippen molar-refractivity contribution in [1.82, 2.24) is 4.57 Å². The van der Waals surface area contributed by atoms with E-state index in [4.69, 9.17) is 14.2 Å². The predicted molar refractivity (Wildman–Crippen MR) is 129 cm³/mol. The van der Waals surface area contributed by atoms with Crippen molar-refractivity contribution in [2.24, 2.45) is 0 Å². The number of aryl methyl sites for hydroxylation is 2. The molecule has 0 radical (unpaired) electrons. The molecule has 0 fully saturated rings. The average molecular weight is 456 g/mol. The molecule has 0 unspecified atom stereocenters. The zero-order valence-corrected chi connectivity index (χ0v) is 19.3. The number of carbonyl (C=O) groups is 2. The number of para-hydroxylation sites is 1. The molecule has 172 valence electrons. The average Bonchev–Trinajstić information content (AvgIpc) is 3.39. The van der Waals surface area contributed by atoms with Crippen LogP contribution in [0.25, 0.3) is 10.9 Å². The third-order valence-electron chi connectivity index (χ3n) is 6.11. The molecule has 4 aromatic rings. The lowest BCUT2D eigenvalue weighted by Gasteiger charge is -2.12. The normalized spacial score (nSPS) is 14.5. The molecule has 0 spiro atoms. The Morgan fingerprint density at radius 2 is 1.79 bits per heavy atom. The van der Waals surface area contributed by atoms with E-state index in [9.17, 15) is 9.59 Å². The zero-order valence-electron chi connectivity index (χ0n) is 19.3. The molecule has 6 heteroatoms. The molecule has 0 aliphatic carbocycles. The maximum absolute atomic E-state index is 13.3. The summed E-state index contributed by atoms with van der Waals surface area (Å²) in [6.45, 7) is 6.37. The summed E-state index contributed by atoms with van der Waals surface area (Å²) in [6.07, 6.45) is 0. The molecule has 0 saturated carbocycles. The minimum Gasteiger partial charge on any atom is -0.493 e. The molecule has 0 amide bonds. The molecule has 6 nitrogen and oxygen atoms in total. The van der Waals surface area contributed by atoms with Crippen LogP contribution in [0.4, 0.5) is 0 Å². The molecule has 1 aliphatic heterocycles. The fourth-order valence-electron chi connectivity index (χ4n) is 4.47. The van der Waals surface area contributed by atoms with E-state index >= 15 is 0 Å². The van der Waals surface area contributed by atoms with E-state index in [1.807, 2.05) is 50.2 Å². The van der Waals surface area contributed by atoms with Gasteiger partial charge in [-0.05, 0) is 61.9 Å². The summed E-state index contributed by atoms with van der Waals surface area (Å²) in [5.41, 5.74) is 4.30. The van der Waals surface area contributed by atoms with Gasteiger partial charge in [-0.2, -0.15) is 0 Å². The van der Waals surface area contributed by atoms with Crippen LogP contribution >= 0.6 is 0 Å². The van der Waals surface area contributed by atoms with E-state index < -0.39 is 5.97 Å². The van der Waals surface area contributed by atoms with Gasteiger partial charge < -0.3 is 14.2 Å². The van der Waals surface area contributed by atoms with Gasteiger partial charge in [0.05, 0.1) is 24.6 Å². The highest BCUT2D eigenvalue weighted by Crippen LogP contribution is 2.36. The number of rotatable bonds is 5. The van der Waals surface area contributed by atoms with E-state index in [0.717, 1.165) is 22.4 Å². The second-order valence-corrected chi connectivity index (χ2v) is 8.55. The van der Waals surface area contributed by atoms with E-state index in [2.05, 4.69) is 6.07 Å². The van der Waals surface area contributed by atoms with Crippen molar-refractivity contribution in [3.63, 3.8) is 0 Å². The van der Waals surface area contributed by atoms with Crippen LogP contribution in [-0.2, 0) is 4.79 Å². The van der Waals surface area contributed by atoms with Gasteiger partial charge in [0.1, 0.15) is 17.2 Å². The first-order valence-electron chi connectivity index (χ1n) is 11.2. The maximum atomic E-state index is 13.3. The third-order valence-corrected chi connectivity index (χ3v) is 6.11. The Morgan fingerprint density at radius 1 is 1.03 bits per heavy atom. The summed E-state index contributed by atoms with van der Waals surface area (Å²) in [5, 5.41) is 0.720. The number of benzene rings is 3. The van der Waals surface area contributed by atoms with Gasteiger partial charge >= 0.3 is 5.97 Å². The SMILES string of the molecule is CC(=O)Oc1cccc2c1cc(C)n2C(=O)c1ccc(OC[C@@H]2COc3c(C)cccc32)cc1. The minimum absolute atomic E-state index is 0.160. The van der Waals surface area contributed by atoms with Crippen molar-refractivity contribution in [2.45, 2.75) is 26.7 Å². The molecule has 1 aromatic heterocycles. The number of fused-ring (bicyclic) bond motifs is 2. The quantitative estimate of drug-likeness (QED) is 0.297. The summed E-state index contributed by atoms with van der Waals surface area (Å²) in [5.74, 6) is 1.72. The fraction of sp³-hybridized carbons (Fsp3) is 0.214. The van der Waals surface area contributed by atoms with E-state index in [0.29, 0.717) is 35.8 Å². The van der Waals surface area contributed by atoms with Crippen molar-refractivity contribution in [1.29, 1.82) is 0 Å². The summed E-state index contributed by atoms with van der Waals surface area (Å²) >= 11 is 0. The largest absolute Gasteiger partial charge is 0.493 e. The van der Waals surface area contributed by atoms with Crippen molar-refractivity contribution >= 4 is 22.8 Å². The van der Waals surface area contributed by atoms with Crippen molar-refractivity contribution in [2.75, 3.05) is 13.2 Å². The first-order chi connectivity index (χ1) is 16.4. The molecule has 1 atom stereocenters. The van der Waals surface area contributed by atoms with Crippen LogP contribution in [0.1, 0.15) is 40.0 Å². The smallest absolute Gasteiger partial charge is 0.308 e. The highest BCUT2D eigenvalue weighted by atomic mass is 16.5. The number of carbonyl (C=O) groups excluding carboxylic acids is 2. The van der Waals surface area contributed by atoms with Gasteiger partial charge in [-0.15, -0.1) is 0 Å². The van der Waals surface area contributed by atoms with Gasteiger partial charge in [-0.1, -0.05) is 24.3 Å². The van der Waals surface area contributed by atoms with Crippen LogP contribution in [0.2, 0.25) is 0 Å². The topological polar surface area (TPSA) is 66.8 Å². The fourth-order valence-corrected chi connectivity index (χ4v) is 4.47. The highest BCUT2D eigenvalue weighted by molar-refractivity contribution is 6.04. The molecule has 0 saturated heterocycles. The Kier molecular flexibility index (Phi) is 5.57. The van der Waals surface area contributed by atoms with Crippen molar-refractivity contribution in [3.05, 3.63) is 89.1 Å². The Balaban J connectivity index is 1.33. The van der Waals surface area contributed by atoms with Gasteiger partial charge in [0, 0.05) is 29.1 Å². The molecule has 34 heavy (non-hydrogen) atoms. The van der Waals surface area contributed by atoms with E-state index in [1.54, 1.807) is 28.8 Å². The molecule has 0 N–H and O–H groups in total. The minimum atomic E-state index is -0.400. The summed E-state index contributed by atoms with van der Waals surface area (Å²) < 4.78 is 18.8. The molecule has 0 bridgehead atoms. The molecular weight excluding hydrogens is 430 g/mol. The number of ether oxygens (including phenoxy) is 3.